The number of H-pyrrole nitrogens is 1. The van der Waals surface area contributed by atoms with Crippen LogP contribution in [0.4, 0.5) is 22.0 Å². The fourth-order valence-corrected chi connectivity index (χ4v) is 7.44. The molecule has 2 aliphatic heterocycles. The number of methoxy groups -OCH3 is 2. The molecule has 14 nitrogen and oxygen atoms in total. The van der Waals surface area contributed by atoms with E-state index in [9.17, 15) is 14.7 Å². The number of para-hydroxylation sites is 2. The number of aliphatic imine (C=N–C) groups is 1. The van der Waals surface area contributed by atoms with Crippen molar-refractivity contribution in [3.8, 4) is 11.5 Å². The fraction of sp³-hybridized carbons (Fsp3) is 0.200. The highest BCUT2D eigenvalue weighted by atomic mass is 16.6. The summed E-state index contributed by atoms with van der Waals surface area (Å²) in [6, 6.07) is 42.9. The fourth-order valence-electron chi connectivity index (χ4n) is 7.44. The Bertz CT molecular complexity index is 2310. The minimum absolute atomic E-state index is 0.0507. The van der Waals surface area contributed by atoms with Crippen LogP contribution in [0.5, 0.6) is 11.5 Å². The van der Waals surface area contributed by atoms with E-state index in [4.69, 9.17) is 23.7 Å². The summed E-state index contributed by atoms with van der Waals surface area (Å²) in [5, 5.41) is 15.2. The summed E-state index contributed by atoms with van der Waals surface area (Å²) in [4.78, 5) is 42.0. The number of ether oxygens (including phenoxy) is 5. The van der Waals surface area contributed by atoms with Gasteiger partial charge in [-0.2, -0.15) is 4.99 Å². The summed E-state index contributed by atoms with van der Waals surface area (Å²) in [7, 11) is 3.20. The minimum atomic E-state index is -1.40. The molecule has 0 bridgehead atoms. The third-order valence-corrected chi connectivity index (χ3v) is 10.2. The molecule has 3 heterocycles. The maximum absolute atomic E-state index is 14.5. The van der Waals surface area contributed by atoms with E-state index in [-0.39, 0.29) is 18.4 Å². The van der Waals surface area contributed by atoms with E-state index in [0.29, 0.717) is 28.6 Å². The van der Waals surface area contributed by atoms with E-state index >= 15 is 0 Å². The van der Waals surface area contributed by atoms with Crippen LogP contribution in [0, 0.1) is 0 Å². The topological polar surface area (TPSA) is 160 Å². The molecule has 8 rings (SSSR count). The maximum atomic E-state index is 14.5. The Balaban J connectivity index is 1.20. The number of benzene rings is 5. The minimum Gasteiger partial charge on any atom is -0.497 e. The molecule has 300 valence electrons. The average molecular weight is 795 g/mol. The van der Waals surface area contributed by atoms with Gasteiger partial charge in [0, 0.05) is 6.92 Å². The molecule has 1 unspecified atom stereocenters. The van der Waals surface area contributed by atoms with Crippen molar-refractivity contribution in [2.45, 2.75) is 37.2 Å². The Kier molecular flexibility index (Phi) is 11.1. The number of carbonyl (C=O) groups is 2. The normalized spacial score (nSPS) is 18.6. The van der Waals surface area contributed by atoms with E-state index in [1.165, 1.54) is 23.1 Å². The molecule has 0 saturated carbocycles. The summed E-state index contributed by atoms with van der Waals surface area (Å²) < 4.78 is 31.0. The van der Waals surface area contributed by atoms with Crippen LogP contribution >= 0.6 is 0 Å². The van der Waals surface area contributed by atoms with Crippen molar-refractivity contribution in [3.63, 3.8) is 0 Å². The van der Waals surface area contributed by atoms with Gasteiger partial charge in [-0.3, -0.25) is 15.0 Å². The van der Waals surface area contributed by atoms with Gasteiger partial charge in [-0.25, -0.2) is 14.7 Å². The first-order valence-electron chi connectivity index (χ1n) is 18.9. The standard InChI is InChI=1S/C45H42N6O8/c1-29(52)48-43-49-40-38(46-28-47-40)41(58-44(54)50(33-15-9-5-10-16-33)34-17-11-6-12-18-34)51(43)42-39(53)37(27-57-42)59-45(30-13-7-4-8-14-30,31-19-23-35(55-2)24-20-31)32-21-25-36(56-3)26-22-32/h4-26,28,37,39,41-42,53H,27H2,1-3H3,(H,46,47)(H,48,49,52)/t37-,39+,41?,42+/m0/s1. The summed E-state index contributed by atoms with van der Waals surface area (Å²) in [5.41, 5.74) is 2.37. The number of nitrogens with zero attached hydrogens (tertiary/aromatic N) is 4. The average Bonchev–Trinajstić information content (AvgIpc) is 3.89. The van der Waals surface area contributed by atoms with Crippen LogP contribution < -0.4 is 19.7 Å². The monoisotopic (exact) mass is 794 g/mol. The first-order valence-corrected chi connectivity index (χ1v) is 18.9. The number of hydrogen-bond donors (Lipinski definition) is 3. The third-order valence-electron chi connectivity index (χ3n) is 10.2. The van der Waals surface area contributed by atoms with Crippen LogP contribution in [0.3, 0.4) is 0 Å². The molecule has 1 fully saturated rings. The highest BCUT2D eigenvalue weighted by molar-refractivity contribution is 5.99. The Labute approximate surface area is 340 Å². The van der Waals surface area contributed by atoms with Crippen LogP contribution in [-0.2, 0) is 24.6 Å². The van der Waals surface area contributed by atoms with Crippen molar-refractivity contribution in [3.05, 3.63) is 168 Å². The lowest BCUT2D eigenvalue weighted by atomic mass is 9.79. The first kappa shape index (κ1) is 38.9. The SMILES string of the molecule is COc1ccc(C(O[C@H]2CO[C@@H](N3C(NC(C)=O)=Nc4nc[nH]c4C3OC(=O)N(c3ccccc3)c3ccccc3)[C@@H]2O)(c2ccccc2)c2ccc(OC)cc2)cc1. The second-order valence-electron chi connectivity index (χ2n) is 13.8. The van der Waals surface area contributed by atoms with Gasteiger partial charge < -0.3 is 33.8 Å². The van der Waals surface area contributed by atoms with Crippen LogP contribution in [0.15, 0.2) is 151 Å². The Hall–Kier alpha value is -7.00. The van der Waals surface area contributed by atoms with Gasteiger partial charge in [-0.15, -0.1) is 0 Å². The van der Waals surface area contributed by atoms with Gasteiger partial charge >= 0.3 is 6.09 Å². The van der Waals surface area contributed by atoms with Crippen molar-refractivity contribution >= 4 is 35.2 Å². The van der Waals surface area contributed by atoms with Gasteiger partial charge in [0.1, 0.15) is 35.0 Å². The molecule has 3 N–H and O–H groups in total. The summed E-state index contributed by atoms with van der Waals surface area (Å²) >= 11 is 0. The van der Waals surface area contributed by atoms with Gasteiger partial charge in [-0.1, -0.05) is 91.0 Å². The highest BCUT2D eigenvalue weighted by Crippen LogP contribution is 2.45. The van der Waals surface area contributed by atoms with Gasteiger partial charge in [0.2, 0.25) is 18.1 Å². The number of aromatic nitrogens is 2. The van der Waals surface area contributed by atoms with Crippen LogP contribution in [-0.4, -0.2) is 77.2 Å². The van der Waals surface area contributed by atoms with Crippen LogP contribution in [0.1, 0.15) is 35.5 Å². The first-order chi connectivity index (χ1) is 28.8. The van der Waals surface area contributed by atoms with Crippen LogP contribution in [0.25, 0.3) is 0 Å². The summed E-state index contributed by atoms with van der Waals surface area (Å²) in [6.45, 7) is 1.22. The number of carbonyl (C=O) groups excluding carboxylic acids is 2. The molecule has 5 aromatic carbocycles. The van der Waals surface area contributed by atoms with E-state index in [1.807, 2.05) is 115 Å². The number of fused-ring (bicyclic) bond motifs is 1. The molecule has 1 aromatic heterocycles. The maximum Gasteiger partial charge on any atom is 0.421 e. The summed E-state index contributed by atoms with van der Waals surface area (Å²) in [5.74, 6) is 0.972. The number of anilines is 2. The molecule has 2 amide bonds. The number of hydrogen-bond acceptors (Lipinski definition) is 11. The second kappa shape index (κ2) is 16.8. The molecule has 1 saturated heterocycles. The van der Waals surface area contributed by atoms with Gasteiger partial charge in [0.25, 0.3) is 0 Å². The van der Waals surface area contributed by atoms with Crippen molar-refractivity contribution in [2.24, 2.45) is 4.99 Å². The Morgan fingerprint density at radius 2 is 1.32 bits per heavy atom. The lowest BCUT2D eigenvalue weighted by molar-refractivity contribution is -0.124. The molecule has 6 aromatic rings. The quantitative estimate of drug-likeness (QED) is 0.117. The lowest BCUT2D eigenvalue weighted by Gasteiger charge is -2.41. The zero-order chi connectivity index (χ0) is 40.9. The molecular formula is C45H42N6O8. The van der Waals surface area contributed by atoms with Crippen molar-refractivity contribution < 1.29 is 38.4 Å². The Morgan fingerprint density at radius 3 is 1.85 bits per heavy atom. The molecule has 2 aliphatic rings. The molecule has 0 spiro atoms. The molecule has 4 atom stereocenters. The number of guanidine groups is 1. The van der Waals surface area contributed by atoms with Gasteiger partial charge in [0.15, 0.2) is 12.0 Å². The molecular weight excluding hydrogens is 753 g/mol. The zero-order valence-corrected chi connectivity index (χ0v) is 32.5. The van der Waals surface area contributed by atoms with Crippen LogP contribution in [0.2, 0.25) is 0 Å². The molecule has 0 radical (unpaired) electrons. The highest BCUT2D eigenvalue weighted by Gasteiger charge is 2.52. The predicted octanol–water partition coefficient (Wildman–Crippen LogP) is 6.93. The van der Waals surface area contributed by atoms with Crippen molar-refractivity contribution in [1.29, 1.82) is 0 Å². The number of nitrogens with one attached hydrogen (secondary N) is 2. The van der Waals surface area contributed by atoms with Crippen molar-refractivity contribution in [1.82, 2.24) is 20.2 Å². The van der Waals surface area contributed by atoms with E-state index in [1.54, 1.807) is 38.5 Å². The zero-order valence-electron chi connectivity index (χ0n) is 32.5. The predicted molar refractivity (Wildman–Crippen MR) is 219 cm³/mol. The van der Waals surface area contributed by atoms with E-state index < -0.39 is 42.3 Å². The number of imidazole rings is 1. The second-order valence-corrected chi connectivity index (χ2v) is 13.8. The van der Waals surface area contributed by atoms with Crippen molar-refractivity contribution in [2.75, 3.05) is 25.7 Å². The molecule has 0 aliphatic carbocycles. The number of aliphatic hydroxyl groups excluding tert-OH is 1. The van der Waals surface area contributed by atoms with E-state index in [0.717, 1.165) is 16.7 Å². The third kappa shape index (κ3) is 7.59. The smallest absolute Gasteiger partial charge is 0.421 e. The summed E-state index contributed by atoms with van der Waals surface area (Å²) in [6.07, 6.45) is -4.33. The largest absolute Gasteiger partial charge is 0.497 e. The van der Waals surface area contributed by atoms with E-state index in [2.05, 4.69) is 20.3 Å². The molecule has 14 heteroatoms. The number of rotatable bonds is 11. The Morgan fingerprint density at radius 1 is 0.797 bits per heavy atom. The number of amides is 2. The van der Waals surface area contributed by atoms with Gasteiger partial charge in [0.05, 0.1) is 38.5 Å². The number of aliphatic hydroxyl groups is 1. The number of aromatic amines is 1. The van der Waals surface area contributed by atoms with Gasteiger partial charge in [-0.05, 0) is 65.2 Å². The molecule has 59 heavy (non-hydrogen) atoms. The lowest BCUT2D eigenvalue weighted by Crippen LogP contribution is -2.56.